The van der Waals surface area contributed by atoms with Gasteiger partial charge in [0.25, 0.3) is 0 Å². The summed E-state index contributed by atoms with van der Waals surface area (Å²) in [6, 6.07) is 0. The molecule has 116 valence electrons. The first-order valence-electron chi connectivity index (χ1n) is 7.19. The van der Waals surface area contributed by atoms with Gasteiger partial charge in [-0.25, -0.2) is 4.79 Å². The summed E-state index contributed by atoms with van der Waals surface area (Å²) < 4.78 is 21.7. The number of likely N-dealkylation sites (tertiary alicyclic amines) is 1. The highest BCUT2D eigenvalue weighted by Gasteiger charge is 2.33. The number of rotatable bonds is 4. The second kappa shape index (κ2) is 6.74. The highest BCUT2D eigenvalue weighted by atomic mass is 16.6. The van der Waals surface area contributed by atoms with Gasteiger partial charge >= 0.3 is 6.09 Å². The summed E-state index contributed by atoms with van der Waals surface area (Å²) in [5, 5.41) is 0. The Labute approximate surface area is 120 Å². The summed E-state index contributed by atoms with van der Waals surface area (Å²) in [6.45, 7) is 10.2. The Kier molecular flexibility index (Phi) is 5.23. The van der Waals surface area contributed by atoms with E-state index in [9.17, 15) is 4.79 Å². The first-order chi connectivity index (χ1) is 9.44. The zero-order valence-corrected chi connectivity index (χ0v) is 12.6. The molecule has 0 N–H and O–H groups in total. The smallest absolute Gasteiger partial charge is 0.410 e. The van der Waals surface area contributed by atoms with Crippen LogP contribution in [-0.4, -0.2) is 68.8 Å². The van der Waals surface area contributed by atoms with Crippen molar-refractivity contribution in [3.8, 4) is 0 Å². The maximum Gasteiger partial charge on any atom is 0.410 e. The second-order valence-corrected chi connectivity index (χ2v) is 6.36. The summed E-state index contributed by atoms with van der Waals surface area (Å²) in [7, 11) is 0. The van der Waals surface area contributed by atoms with Gasteiger partial charge in [-0.15, -0.1) is 0 Å². The third-order valence-corrected chi connectivity index (χ3v) is 3.15. The van der Waals surface area contributed by atoms with E-state index in [1.165, 1.54) is 0 Å². The van der Waals surface area contributed by atoms with Gasteiger partial charge in [0.2, 0.25) is 0 Å². The predicted octanol–water partition coefficient (Wildman–Crippen LogP) is 1.29. The molecule has 0 unspecified atom stereocenters. The monoisotopic (exact) mass is 287 g/mol. The number of hydrogen-bond acceptors (Lipinski definition) is 5. The molecular formula is C14H25NO5. The maximum absolute atomic E-state index is 11.7. The fourth-order valence-electron chi connectivity index (χ4n) is 2.15. The maximum atomic E-state index is 11.7. The lowest BCUT2D eigenvalue weighted by atomic mass is 10.0. The molecule has 0 radical (unpaired) electrons. The molecule has 0 aromatic rings. The molecule has 2 saturated heterocycles. The van der Waals surface area contributed by atoms with Crippen LogP contribution in [0.2, 0.25) is 0 Å². The number of ether oxygens (including phenoxy) is 4. The lowest BCUT2D eigenvalue weighted by Crippen LogP contribution is -2.53. The summed E-state index contributed by atoms with van der Waals surface area (Å²) in [5.41, 5.74) is -0.434. The van der Waals surface area contributed by atoms with E-state index >= 15 is 0 Å². The molecule has 20 heavy (non-hydrogen) atoms. The zero-order chi connectivity index (χ0) is 14.6. The number of carbonyl (C=O) groups is 1. The minimum Gasteiger partial charge on any atom is -0.444 e. The SMILES string of the molecule is CC(C)(C)OC(=O)N1CC(COC[C@@H]2COCCO2)C1. The largest absolute Gasteiger partial charge is 0.444 e. The van der Waals surface area contributed by atoms with E-state index < -0.39 is 5.60 Å². The molecule has 2 heterocycles. The van der Waals surface area contributed by atoms with Crippen molar-refractivity contribution in [3.63, 3.8) is 0 Å². The number of amides is 1. The van der Waals surface area contributed by atoms with Crippen LogP contribution in [-0.2, 0) is 18.9 Å². The Hall–Kier alpha value is -0.850. The summed E-state index contributed by atoms with van der Waals surface area (Å²) >= 11 is 0. The van der Waals surface area contributed by atoms with E-state index in [2.05, 4.69) is 0 Å². The van der Waals surface area contributed by atoms with Crippen LogP contribution in [0.5, 0.6) is 0 Å². The summed E-state index contributed by atoms with van der Waals surface area (Å²) in [6.07, 6.45) is -0.191. The summed E-state index contributed by atoms with van der Waals surface area (Å²) in [5.74, 6) is 0.395. The van der Waals surface area contributed by atoms with E-state index in [0.717, 1.165) is 0 Å². The van der Waals surface area contributed by atoms with Crippen molar-refractivity contribution >= 4 is 6.09 Å². The third kappa shape index (κ3) is 4.92. The number of carbonyl (C=O) groups excluding carboxylic acids is 1. The average Bonchev–Trinajstić information content (AvgIpc) is 2.31. The van der Waals surface area contributed by atoms with Gasteiger partial charge in [-0.1, -0.05) is 0 Å². The van der Waals surface area contributed by atoms with Crippen LogP contribution in [0.25, 0.3) is 0 Å². The molecule has 0 saturated carbocycles. The second-order valence-electron chi connectivity index (χ2n) is 6.36. The Morgan fingerprint density at radius 2 is 2.00 bits per heavy atom. The molecular weight excluding hydrogens is 262 g/mol. The topological polar surface area (TPSA) is 57.2 Å². The van der Waals surface area contributed by atoms with Crippen molar-refractivity contribution in [2.24, 2.45) is 5.92 Å². The van der Waals surface area contributed by atoms with Crippen molar-refractivity contribution in [1.29, 1.82) is 0 Å². The Morgan fingerprint density at radius 3 is 2.60 bits per heavy atom. The summed E-state index contributed by atoms with van der Waals surface area (Å²) in [4.78, 5) is 13.4. The van der Waals surface area contributed by atoms with Crippen molar-refractivity contribution in [2.75, 3.05) is 46.1 Å². The van der Waals surface area contributed by atoms with E-state index in [4.69, 9.17) is 18.9 Å². The lowest BCUT2D eigenvalue weighted by molar-refractivity contribution is -0.121. The van der Waals surface area contributed by atoms with Gasteiger partial charge in [-0.05, 0) is 20.8 Å². The zero-order valence-electron chi connectivity index (χ0n) is 12.6. The van der Waals surface area contributed by atoms with Gasteiger partial charge in [-0.3, -0.25) is 0 Å². The van der Waals surface area contributed by atoms with Crippen molar-refractivity contribution in [1.82, 2.24) is 4.90 Å². The quantitative estimate of drug-likeness (QED) is 0.779. The molecule has 2 fully saturated rings. The molecule has 6 heteroatoms. The van der Waals surface area contributed by atoms with Crippen LogP contribution >= 0.6 is 0 Å². The lowest BCUT2D eigenvalue weighted by Gasteiger charge is -2.39. The van der Waals surface area contributed by atoms with Crippen LogP contribution in [0, 0.1) is 5.92 Å². The van der Waals surface area contributed by atoms with Gasteiger partial charge in [0.05, 0.1) is 33.0 Å². The fraction of sp³-hybridized carbons (Fsp3) is 0.929. The molecule has 2 aliphatic heterocycles. The molecule has 2 aliphatic rings. The predicted molar refractivity (Wildman–Crippen MR) is 72.7 cm³/mol. The van der Waals surface area contributed by atoms with Crippen molar-refractivity contribution in [3.05, 3.63) is 0 Å². The van der Waals surface area contributed by atoms with Crippen LogP contribution in [0.1, 0.15) is 20.8 Å². The van der Waals surface area contributed by atoms with Gasteiger partial charge in [-0.2, -0.15) is 0 Å². The van der Waals surface area contributed by atoms with Crippen LogP contribution in [0.4, 0.5) is 4.79 Å². The van der Waals surface area contributed by atoms with E-state index in [-0.39, 0.29) is 12.2 Å². The van der Waals surface area contributed by atoms with Crippen LogP contribution in [0.15, 0.2) is 0 Å². The number of nitrogens with zero attached hydrogens (tertiary/aromatic N) is 1. The fourth-order valence-corrected chi connectivity index (χ4v) is 2.15. The van der Waals surface area contributed by atoms with Gasteiger partial charge in [0.1, 0.15) is 11.7 Å². The first kappa shape index (κ1) is 15.5. The molecule has 0 aromatic heterocycles. The molecule has 1 atom stereocenters. The molecule has 6 nitrogen and oxygen atoms in total. The highest BCUT2D eigenvalue weighted by molar-refractivity contribution is 5.69. The third-order valence-electron chi connectivity index (χ3n) is 3.15. The Morgan fingerprint density at radius 1 is 1.25 bits per heavy atom. The Bertz CT molecular complexity index is 316. The standard InChI is InChI=1S/C14H25NO5/c1-14(2,3)20-13(16)15-6-11(7-15)8-18-10-12-9-17-4-5-19-12/h11-12H,4-10H2,1-3H3/t12-/m0/s1. The van der Waals surface area contributed by atoms with E-state index in [1.807, 2.05) is 20.8 Å². The molecule has 0 spiro atoms. The van der Waals surface area contributed by atoms with Crippen molar-refractivity contribution < 1.29 is 23.7 Å². The van der Waals surface area contributed by atoms with E-state index in [1.54, 1.807) is 4.90 Å². The average molecular weight is 287 g/mol. The minimum absolute atomic E-state index is 0.0470. The molecule has 1 amide bonds. The molecule has 2 rings (SSSR count). The van der Waals surface area contributed by atoms with Crippen LogP contribution in [0.3, 0.4) is 0 Å². The minimum atomic E-state index is -0.434. The molecule has 0 aliphatic carbocycles. The van der Waals surface area contributed by atoms with Gasteiger partial charge in [0, 0.05) is 19.0 Å². The number of hydrogen-bond donors (Lipinski definition) is 0. The normalized spacial score (nSPS) is 24.4. The van der Waals surface area contributed by atoms with Gasteiger partial charge in [0.15, 0.2) is 0 Å². The van der Waals surface area contributed by atoms with Gasteiger partial charge < -0.3 is 23.8 Å². The van der Waals surface area contributed by atoms with E-state index in [0.29, 0.717) is 52.0 Å². The Balaban J connectivity index is 1.54. The highest BCUT2D eigenvalue weighted by Crippen LogP contribution is 2.19. The van der Waals surface area contributed by atoms with Crippen molar-refractivity contribution in [2.45, 2.75) is 32.5 Å². The first-order valence-corrected chi connectivity index (χ1v) is 7.19. The molecule has 0 aromatic carbocycles. The molecule has 0 bridgehead atoms. The van der Waals surface area contributed by atoms with Crippen LogP contribution < -0.4 is 0 Å².